The fourth-order valence-electron chi connectivity index (χ4n) is 3.09. The summed E-state index contributed by atoms with van der Waals surface area (Å²) >= 11 is 0. The van der Waals surface area contributed by atoms with Crippen LogP contribution in [0.3, 0.4) is 0 Å². The lowest BCUT2D eigenvalue weighted by Crippen LogP contribution is -2.33. The largest absolute Gasteiger partial charge is 0.481 e. The maximum absolute atomic E-state index is 12.9. The van der Waals surface area contributed by atoms with Crippen molar-refractivity contribution >= 4 is 17.5 Å². The van der Waals surface area contributed by atoms with Crippen LogP contribution >= 0.6 is 0 Å². The SMILES string of the molecule is CC[C@H](Oc1ccccc1)C(=O)Nc1ccccc1C(=O)N[C@@H](C)c1ccccc1. The Labute approximate surface area is 177 Å². The first-order valence-corrected chi connectivity index (χ1v) is 10.1. The summed E-state index contributed by atoms with van der Waals surface area (Å²) in [5, 5.41) is 5.84. The summed E-state index contributed by atoms with van der Waals surface area (Å²) in [4.78, 5) is 25.7. The van der Waals surface area contributed by atoms with Gasteiger partial charge in [-0.3, -0.25) is 9.59 Å². The van der Waals surface area contributed by atoms with Gasteiger partial charge in [0.2, 0.25) is 0 Å². The number of rotatable bonds is 8. The van der Waals surface area contributed by atoms with Gasteiger partial charge in [0.25, 0.3) is 11.8 Å². The van der Waals surface area contributed by atoms with Gasteiger partial charge >= 0.3 is 0 Å². The molecule has 0 unspecified atom stereocenters. The van der Waals surface area contributed by atoms with E-state index in [4.69, 9.17) is 4.74 Å². The maximum atomic E-state index is 12.9. The van der Waals surface area contributed by atoms with E-state index in [2.05, 4.69) is 10.6 Å². The fourth-order valence-corrected chi connectivity index (χ4v) is 3.09. The number of ether oxygens (including phenoxy) is 1. The van der Waals surface area contributed by atoms with Crippen molar-refractivity contribution < 1.29 is 14.3 Å². The summed E-state index contributed by atoms with van der Waals surface area (Å²) in [6.07, 6.45) is -0.160. The Morgan fingerprint density at radius 3 is 2.13 bits per heavy atom. The van der Waals surface area contributed by atoms with E-state index < -0.39 is 6.10 Å². The Bertz CT molecular complexity index is 974. The Morgan fingerprint density at radius 2 is 1.47 bits per heavy atom. The molecule has 0 heterocycles. The zero-order valence-corrected chi connectivity index (χ0v) is 17.2. The van der Waals surface area contributed by atoms with Crippen molar-refractivity contribution in [1.29, 1.82) is 0 Å². The minimum atomic E-state index is -0.660. The lowest BCUT2D eigenvalue weighted by molar-refractivity contribution is -0.122. The lowest BCUT2D eigenvalue weighted by Gasteiger charge is -2.19. The molecule has 0 saturated carbocycles. The third kappa shape index (κ3) is 5.47. The average molecular weight is 402 g/mol. The van der Waals surface area contributed by atoms with Crippen LogP contribution in [0.2, 0.25) is 0 Å². The highest BCUT2D eigenvalue weighted by Gasteiger charge is 2.21. The average Bonchev–Trinajstić information content (AvgIpc) is 2.79. The molecule has 2 N–H and O–H groups in total. The summed E-state index contributed by atoms with van der Waals surface area (Å²) in [5.74, 6) is 0.0826. The molecule has 0 spiro atoms. The number of hydrogen-bond acceptors (Lipinski definition) is 3. The highest BCUT2D eigenvalue weighted by Crippen LogP contribution is 2.20. The van der Waals surface area contributed by atoms with Crippen LogP contribution < -0.4 is 15.4 Å². The number of nitrogens with one attached hydrogen (secondary N) is 2. The van der Waals surface area contributed by atoms with E-state index in [-0.39, 0.29) is 17.9 Å². The second-order valence-electron chi connectivity index (χ2n) is 6.97. The van der Waals surface area contributed by atoms with E-state index in [1.54, 1.807) is 24.3 Å². The molecule has 0 aliphatic carbocycles. The normalized spacial score (nSPS) is 12.5. The molecule has 0 saturated heterocycles. The number of carbonyl (C=O) groups excluding carboxylic acids is 2. The quantitative estimate of drug-likeness (QED) is 0.559. The Balaban J connectivity index is 1.71. The first-order valence-electron chi connectivity index (χ1n) is 10.1. The van der Waals surface area contributed by atoms with Crippen molar-refractivity contribution in [3.63, 3.8) is 0 Å². The molecule has 154 valence electrons. The van der Waals surface area contributed by atoms with Gasteiger partial charge in [0, 0.05) is 0 Å². The molecule has 0 bridgehead atoms. The molecule has 3 aromatic carbocycles. The summed E-state index contributed by atoms with van der Waals surface area (Å²) < 4.78 is 5.81. The molecular formula is C25H26N2O3. The Kier molecular flexibility index (Phi) is 7.22. The summed E-state index contributed by atoms with van der Waals surface area (Å²) in [7, 11) is 0. The third-order valence-corrected chi connectivity index (χ3v) is 4.76. The van der Waals surface area contributed by atoms with Crippen LogP contribution in [0.15, 0.2) is 84.9 Å². The van der Waals surface area contributed by atoms with Crippen molar-refractivity contribution in [2.75, 3.05) is 5.32 Å². The highest BCUT2D eigenvalue weighted by molar-refractivity contribution is 6.04. The maximum Gasteiger partial charge on any atom is 0.265 e. The first-order chi connectivity index (χ1) is 14.6. The van der Waals surface area contributed by atoms with E-state index in [0.29, 0.717) is 23.4 Å². The molecule has 2 amide bonds. The minimum Gasteiger partial charge on any atom is -0.481 e. The molecule has 2 atom stereocenters. The summed E-state index contributed by atoms with van der Waals surface area (Å²) in [6.45, 7) is 3.81. The second-order valence-corrected chi connectivity index (χ2v) is 6.97. The number of amides is 2. The molecule has 3 rings (SSSR count). The topological polar surface area (TPSA) is 67.4 Å². The molecule has 3 aromatic rings. The summed E-state index contributed by atoms with van der Waals surface area (Å²) in [6, 6.07) is 25.8. The minimum absolute atomic E-state index is 0.160. The van der Waals surface area contributed by atoms with Crippen LogP contribution in [0.4, 0.5) is 5.69 Å². The van der Waals surface area contributed by atoms with Crippen molar-refractivity contribution in [1.82, 2.24) is 5.32 Å². The number of hydrogen-bond donors (Lipinski definition) is 2. The van der Waals surface area contributed by atoms with Crippen molar-refractivity contribution in [3.8, 4) is 5.75 Å². The van der Waals surface area contributed by atoms with Crippen molar-refractivity contribution in [2.45, 2.75) is 32.4 Å². The zero-order valence-electron chi connectivity index (χ0n) is 17.2. The zero-order chi connectivity index (χ0) is 21.3. The van der Waals surface area contributed by atoms with Crippen molar-refractivity contribution in [3.05, 3.63) is 96.1 Å². The van der Waals surface area contributed by atoms with E-state index in [9.17, 15) is 9.59 Å². The fraction of sp³-hybridized carbons (Fsp3) is 0.200. The summed E-state index contributed by atoms with van der Waals surface area (Å²) in [5.41, 5.74) is 1.87. The van der Waals surface area contributed by atoms with Gasteiger partial charge in [-0.1, -0.05) is 67.6 Å². The van der Waals surface area contributed by atoms with Crippen LogP contribution in [0.5, 0.6) is 5.75 Å². The van der Waals surface area contributed by atoms with Crippen LogP contribution in [-0.4, -0.2) is 17.9 Å². The van der Waals surface area contributed by atoms with E-state index >= 15 is 0 Å². The van der Waals surface area contributed by atoms with Gasteiger partial charge in [0.05, 0.1) is 17.3 Å². The molecule has 5 heteroatoms. The van der Waals surface area contributed by atoms with Gasteiger partial charge in [-0.25, -0.2) is 0 Å². The highest BCUT2D eigenvalue weighted by atomic mass is 16.5. The van der Waals surface area contributed by atoms with Crippen molar-refractivity contribution in [2.24, 2.45) is 0 Å². The molecule has 0 radical (unpaired) electrons. The van der Waals surface area contributed by atoms with Gasteiger partial charge in [-0.2, -0.15) is 0 Å². The third-order valence-electron chi connectivity index (χ3n) is 4.76. The molecular weight excluding hydrogens is 376 g/mol. The first kappa shape index (κ1) is 21.1. The molecule has 0 aromatic heterocycles. The Hall–Kier alpha value is -3.60. The van der Waals surface area contributed by atoms with Crippen LogP contribution in [0.25, 0.3) is 0 Å². The monoisotopic (exact) mass is 402 g/mol. The predicted molar refractivity (Wildman–Crippen MR) is 119 cm³/mol. The lowest BCUT2D eigenvalue weighted by atomic mass is 10.1. The van der Waals surface area contributed by atoms with Gasteiger partial charge in [0.15, 0.2) is 6.10 Å². The van der Waals surface area contributed by atoms with Crippen LogP contribution in [0, 0.1) is 0 Å². The molecule has 0 fully saturated rings. The predicted octanol–water partition coefficient (Wildman–Crippen LogP) is 4.97. The second kappa shape index (κ2) is 10.3. The molecule has 5 nitrogen and oxygen atoms in total. The van der Waals surface area contributed by atoms with E-state index in [1.807, 2.05) is 74.5 Å². The molecule has 0 aliphatic heterocycles. The standard InChI is InChI=1S/C25H26N2O3/c1-3-23(30-20-14-8-5-9-15-20)25(29)27-22-17-11-10-16-21(22)24(28)26-18(2)19-12-6-4-7-13-19/h4-18,23H,3H2,1-2H3,(H,26,28)(H,27,29)/t18-,23-/m0/s1. The molecule has 30 heavy (non-hydrogen) atoms. The van der Waals surface area contributed by atoms with E-state index in [1.165, 1.54) is 0 Å². The van der Waals surface area contributed by atoms with Crippen LogP contribution in [0.1, 0.15) is 42.2 Å². The van der Waals surface area contributed by atoms with E-state index in [0.717, 1.165) is 5.56 Å². The Morgan fingerprint density at radius 1 is 0.867 bits per heavy atom. The number of carbonyl (C=O) groups is 2. The van der Waals surface area contributed by atoms with Crippen LogP contribution in [-0.2, 0) is 4.79 Å². The van der Waals surface area contributed by atoms with Gasteiger partial charge in [-0.15, -0.1) is 0 Å². The van der Waals surface area contributed by atoms with Gasteiger partial charge < -0.3 is 15.4 Å². The number of anilines is 1. The smallest absolute Gasteiger partial charge is 0.265 e. The molecule has 0 aliphatic rings. The number of benzene rings is 3. The number of para-hydroxylation sites is 2. The van der Waals surface area contributed by atoms with Gasteiger partial charge in [-0.05, 0) is 43.2 Å². The van der Waals surface area contributed by atoms with Gasteiger partial charge in [0.1, 0.15) is 5.75 Å².